The van der Waals surface area contributed by atoms with Crippen molar-refractivity contribution in [2.45, 2.75) is 12.8 Å². The zero-order valence-electron chi connectivity index (χ0n) is 35.1. The number of hydrogen-bond acceptors (Lipinski definition) is 6. The Balaban J connectivity index is 1.08. The van der Waals surface area contributed by atoms with Gasteiger partial charge in [-0.15, -0.1) is 0 Å². The molecule has 0 aliphatic heterocycles. The van der Waals surface area contributed by atoms with E-state index >= 15 is 0 Å². The molecule has 0 amide bonds. The van der Waals surface area contributed by atoms with E-state index in [1.165, 1.54) is 5.57 Å². The molecule has 6 heteroatoms. The number of fused-ring (bicyclic) bond motifs is 3. The maximum atomic E-state index is 9.35. The predicted molar refractivity (Wildman–Crippen MR) is 261 cm³/mol. The molecule has 6 nitrogen and oxygen atoms in total. The Bertz CT molecular complexity index is 3550. The first kappa shape index (κ1) is 38.9. The smallest absolute Gasteiger partial charge is 0.164 e. The number of allylic oxidation sites excluding steroid dienone is 4. The summed E-state index contributed by atoms with van der Waals surface area (Å²) in [6.45, 7) is 0. The van der Waals surface area contributed by atoms with Crippen molar-refractivity contribution < 1.29 is 4.42 Å². The van der Waals surface area contributed by atoms with Crippen LogP contribution in [-0.2, 0) is 0 Å². The van der Waals surface area contributed by atoms with Gasteiger partial charge in [-0.05, 0) is 105 Å². The van der Waals surface area contributed by atoms with E-state index in [1.807, 2.05) is 91.0 Å². The van der Waals surface area contributed by atoms with Crippen LogP contribution in [0.1, 0.15) is 29.5 Å². The lowest BCUT2D eigenvalue weighted by Gasteiger charge is -2.11. The van der Waals surface area contributed by atoms with Crippen LogP contribution in [0, 0.1) is 22.7 Å². The number of nitriles is 2. The fourth-order valence-corrected chi connectivity index (χ4v) is 8.65. The minimum absolute atomic E-state index is 0.551. The Morgan fingerprint density at radius 2 is 0.923 bits per heavy atom. The molecule has 10 aromatic rings. The maximum Gasteiger partial charge on any atom is 0.164 e. The summed E-state index contributed by atoms with van der Waals surface area (Å²) in [5.41, 5.74) is 16.0. The van der Waals surface area contributed by atoms with Gasteiger partial charge in [-0.2, -0.15) is 10.5 Å². The number of furan rings is 1. The van der Waals surface area contributed by atoms with Gasteiger partial charge in [0.1, 0.15) is 11.2 Å². The molecule has 11 rings (SSSR count). The second kappa shape index (κ2) is 16.7. The molecular formula is C59H37N5O. The summed E-state index contributed by atoms with van der Waals surface area (Å²) in [5.74, 6) is 1.72. The first-order chi connectivity index (χ1) is 32.1. The van der Waals surface area contributed by atoms with Gasteiger partial charge in [0.05, 0.1) is 23.3 Å². The average molecular weight is 832 g/mol. The van der Waals surface area contributed by atoms with Crippen LogP contribution in [0.3, 0.4) is 0 Å². The van der Waals surface area contributed by atoms with E-state index in [1.54, 1.807) is 0 Å². The third kappa shape index (κ3) is 7.56. The average Bonchev–Trinajstić information content (AvgIpc) is 3.78. The summed E-state index contributed by atoms with van der Waals surface area (Å²) in [5, 5.41) is 20.6. The maximum absolute atomic E-state index is 9.35. The minimum Gasteiger partial charge on any atom is -0.455 e. The van der Waals surface area contributed by atoms with E-state index in [0.29, 0.717) is 28.6 Å². The van der Waals surface area contributed by atoms with Gasteiger partial charge in [0, 0.05) is 33.0 Å². The van der Waals surface area contributed by atoms with Gasteiger partial charge in [-0.3, -0.25) is 0 Å². The molecule has 0 saturated carbocycles. The molecule has 2 heterocycles. The lowest BCUT2D eigenvalue weighted by atomic mass is 9.93. The molecule has 304 valence electrons. The molecule has 8 aromatic carbocycles. The molecule has 0 atom stereocenters. The number of nitrogens with zero attached hydrogens (tertiary/aromatic N) is 5. The van der Waals surface area contributed by atoms with Gasteiger partial charge in [-0.1, -0.05) is 158 Å². The highest BCUT2D eigenvalue weighted by Gasteiger charge is 2.21. The molecule has 1 aliphatic rings. The van der Waals surface area contributed by atoms with E-state index in [0.717, 1.165) is 102 Å². The van der Waals surface area contributed by atoms with Crippen molar-refractivity contribution in [1.29, 1.82) is 10.5 Å². The molecule has 65 heavy (non-hydrogen) atoms. The highest BCUT2D eigenvalue weighted by molar-refractivity contribution is 6.16. The number of hydrogen-bond donors (Lipinski definition) is 0. The Hall–Kier alpha value is -8.97. The summed E-state index contributed by atoms with van der Waals surface area (Å²) in [6.07, 6.45) is 8.82. The summed E-state index contributed by atoms with van der Waals surface area (Å²) < 4.78 is 6.89. The van der Waals surface area contributed by atoms with Crippen LogP contribution in [0.25, 0.3) is 106 Å². The third-order valence-electron chi connectivity index (χ3n) is 12.1. The molecule has 0 N–H and O–H groups in total. The van der Waals surface area contributed by atoms with Crippen LogP contribution in [0.15, 0.2) is 205 Å². The molecule has 0 spiro atoms. The topological polar surface area (TPSA) is 99.4 Å². The Morgan fingerprint density at radius 1 is 0.415 bits per heavy atom. The van der Waals surface area contributed by atoms with Crippen molar-refractivity contribution in [3.63, 3.8) is 0 Å². The minimum atomic E-state index is 0.551. The van der Waals surface area contributed by atoms with Crippen molar-refractivity contribution in [3.05, 3.63) is 217 Å². The number of benzene rings is 8. The van der Waals surface area contributed by atoms with Gasteiger partial charge in [0.25, 0.3) is 0 Å². The number of rotatable bonds is 8. The zero-order valence-corrected chi connectivity index (χ0v) is 35.1. The van der Waals surface area contributed by atoms with Gasteiger partial charge < -0.3 is 4.42 Å². The van der Waals surface area contributed by atoms with Crippen LogP contribution < -0.4 is 0 Å². The van der Waals surface area contributed by atoms with Crippen LogP contribution in [0.4, 0.5) is 0 Å². The van der Waals surface area contributed by atoms with Gasteiger partial charge in [-0.25, -0.2) is 15.0 Å². The second-order valence-corrected chi connectivity index (χ2v) is 16.1. The van der Waals surface area contributed by atoms with Crippen molar-refractivity contribution in [2.24, 2.45) is 0 Å². The molecule has 0 unspecified atom stereocenters. The summed E-state index contributed by atoms with van der Waals surface area (Å²) >= 11 is 0. The Labute approximate surface area is 376 Å². The van der Waals surface area contributed by atoms with Crippen LogP contribution in [-0.4, -0.2) is 15.0 Å². The second-order valence-electron chi connectivity index (χ2n) is 16.1. The van der Waals surface area contributed by atoms with Gasteiger partial charge >= 0.3 is 0 Å². The van der Waals surface area contributed by atoms with Crippen molar-refractivity contribution in [2.75, 3.05) is 0 Å². The number of aromatic nitrogens is 3. The fourth-order valence-electron chi connectivity index (χ4n) is 8.65. The third-order valence-corrected chi connectivity index (χ3v) is 12.1. The zero-order chi connectivity index (χ0) is 43.7. The predicted octanol–water partition coefficient (Wildman–Crippen LogP) is 14.9. The van der Waals surface area contributed by atoms with Crippen molar-refractivity contribution in [3.8, 4) is 90.8 Å². The summed E-state index contributed by atoms with van der Waals surface area (Å²) in [4.78, 5) is 15.4. The van der Waals surface area contributed by atoms with E-state index in [9.17, 15) is 10.5 Å². The van der Waals surface area contributed by atoms with Gasteiger partial charge in [0.2, 0.25) is 0 Å². The molecule has 0 saturated heterocycles. The van der Waals surface area contributed by atoms with Crippen LogP contribution >= 0.6 is 0 Å². The molecule has 0 fully saturated rings. The summed E-state index contributed by atoms with van der Waals surface area (Å²) in [7, 11) is 0. The Kier molecular flexibility index (Phi) is 10.0. The van der Waals surface area contributed by atoms with E-state index in [2.05, 4.69) is 121 Å². The Morgan fingerprint density at radius 3 is 1.49 bits per heavy atom. The van der Waals surface area contributed by atoms with Gasteiger partial charge in [0.15, 0.2) is 17.5 Å². The highest BCUT2D eigenvalue weighted by atomic mass is 16.3. The highest BCUT2D eigenvalue weighted by Crippen LogP contribution is 2.43. The van der Waals surface area contributed by atoms with Crippen molar-refractivity contribution >= 4 is 27.5 Å². The molecular weight excluding hydrogens is 795 g/mol. The first-order valence-corrected chi connectivity index (χ1v) is 21.6. The van der Waals surface area contributed by atoms with Crippen LogP contribution in [0.5, 0.6) is 0 Å². The lowest BCUT2D eigenvalue weighted by Crippen LogP contribution is -2.00. The fraction of sp³-hybridized carbons (Fsp3) is 0.0339. The monoisotopic (exact) mass is 831 g/mol. The van der Waals surface area contributed by atoms with Crippen molar-refractivity contribution in [1.82, 2.24) is 15.0 Å². The molecule has 1 aliphatic carbocycles. The molecule has 0 radical (unpaired) electrons. The van der Waals surface area contributed by atoms with E-state index < -0.39 is 0 Å². The first-order valence-electron chi connectivity index (χ1n) is 21.6. The standard InChI is InChI=1S/C59H37N5O/c60-36-38-14-18-41(19-15-38)44-22-24-46(25-23-44)50-34-52(47-30-26-45(27-31-47)42-20-16-39(37-61)17-21-42)56-53(35-50)55-51(12-7-13-54(55)65-56)59-63-57(48-10-5-2-6-11-48)62-58(64-59)49-32-28-43(29-33-49)40-8-3-1-4-9-40/h2-3,5-35H,1,4H2. The van der Waals surface area contributed by atoms with E-state index in [-0.39, 0.29) is 0 Å². The normalized spacial score (nSPS) is 12.2. The van der Waals surface area contributed by atoms with E-state index in [4.69, 9.17) is 19.4 Å². The lowest BCUT2D eigenvalue weighted by molar-refractivity contribution is 0.670. The van der Waals surface area contributed by atoms with Crippen LogP contribution in [0.2, 0.25) is 0 Å². The molecule has 2 aromatic heterocycles. The quantitative estimate of drug-likeness (QED) is 0.151. The summed E-state index contributed by atoms with van der Waals surface area (Å²) in [6, 6.07) is 65.8. The molecule has 0 bridgehead atoms. The SMILES string of the molecule is N#Cc1ccc(-c2ccc(-c3cc(-c4ccc(-c5ccc(C#N)cc5)cc4)c4oc5cccc(-c6nc(-c7ccccc7)nc(-c7ccc(C8=CCCC=C8)cc7)n6)c5c4c3)cc2)cc1. The largest absolute Gasteiger partial charge is 0.455 e.